The van der Waals surface area contributed by atoms with Crippen molar-refractivity contribution in [1.82, 2.24) is 5.43 Å². The van der Waals surface area contributed by atoms with Gasteiger partial charge in [0.15, 0.2) is 0 Å². The lowest BCUT2D eigenvalue weighted by Crippen LogP contribution is -2.31. The molecule has 0 heterocycles. The molecule has 1 saturated carbocycles. The minimum atomic E-state index is -0.176. The number of nitrogens with one attached hydrogen (secondary N) is 1. The second kappa shape index (κ2) is 7.41. The minimum absolute atomic E-state index is 0.176. The quantitative estimate of drug-likeness (QED) is 0.493. The first-order chi connectivity index (χ1) is 9.69. The fourth-order valence-electron chi connectivity index (χ4n) is 2.72. The van der Waals surface area contributed by atoms with E-state index in [-0.39, 0.29) is 5.91 Å². The SMILES string of the molecule is CC1CCCCC1OCc1ccc(CC(=O)NN)cc1. The maximum absolute atomic E-state index is 11.2. The van der Waals surface area contributed by atoms with Crippen LogP contribution in [0.2, 0.25) is 0 Å². The molecule has 1 aliphatic carbocycles. The Kier molecular flexibility index (Phi) is 5.56. The van der Waals surface area contributed by atoms with Crippen molar-refractivity contribution in [3.05, 3.63) is 35.4 Å². The molecule has 110 valence electrons. The third kappa shape index (κ3) is 4.32. The van der Waals surface area contributed by atoms with Gasteiger partial charge in [0.2, 0.25) is 5.91 Å². The van der Waals surface area contributed by atoms with Gasteiger partial charge in [-0.1, -0.05) is 44.0 Å². The lowest BCUT2D eigenvalue weighted by molar-refractivity contribution is -0.120. The summed E-state index contributed by atoms with van der Waals surface area (Å²) in [5.41, 5.74) is 4.25. The first-order valence-corrected chi connectivity index (χ1v) is 7.38. The number of carbonyl (C=O) groups is 1. The number of rotatable bonds is 5. The molecule has 2 atom stereocenters. The molecule has 1 aromatic rings. The van der Waals surface area contributed by atoms with Crippen LogP contribution in [0.4, 0.5) is 0 Å². The number of ether oxygens (including phenoxy) is 1. The Morgan fingerprint density at radius 1 is 1.25 bits per heavy atom. The number of hydrazine groups is 1. The molecule has 4 nitrogen and oxygen atoms in total. The number of amides is 1. The van der Waals surface area contributed by atoms with E-state index in [1.807, 2.05) is 24.3 Å². The van der Waals surface area contributed by atoms with E-state index in [4.69, 9.17) is 10.6 Å². The largest absolute Gasteiger partial charge is 0.373 e. The average Bonchev–Trinajstić information content (AvgIpc) is 2.48. The molecule has 0 aromatic heterocycles. The van der Waals surface area contributed by atoms with Crippen LogP contribution in [0.15, 0.2) is 24.3 Å². The predicted octanol–water partition coefficient (Wildman–Crippen LogP) is 2.31. The molecule has 0 radical (unpaired) electrons. The summed E-state index contributed by atoms with van der Waals surface area (Å²) in [5.74, 6) is 5.56. The third-order valence-corrected chi connectivity index (χ3v) is 4.05. The van der Waals surface area contributed by atoms with Gasteiger partial charge in [-0.05, 0) is 29.9 Å². The van der Waals surface area contributed by atoms with Crippen molar-refractivity contribution < 1.29 is 9.53 Å². The number of carbonyl (C=O) groups excluding carboxylic acids is 1. The summed E-state index contributed by atoms with van der Waals surface area (Å²) in [4.78, 5) is 11.2. The summed E-state index contributed by atoms with van der Waals surface area (Å²) in [7, 11) is 0. The van der Waals surface area contributed by atoms with Gasteiger partial charge in [-0.3, -0.25) is 10.2 Å². The zero-order valence-corrected chi connectivity index (χ0v) is 12.1. The van der Waals surface area contributed by atoms with Gasteiger partial charge in [-0.2, -0.15) is 0 Å². The fraction of sp³-hybridized carbons (Fsp3) is 0.562. The minimum Gasteiger partial charge on any atom is -0.373 e. The van der Waals surface area contributed by atoms with Crippen LogP contribution < -0.4 is 11.3 Å². The average molecular weight is 276 g/mol. The van der Waals surface area contributed by atoms with Crippen LogP contribution in [0.25, 0.3) is 0 Å². The fourth-order valence-corrected chi connectivity index (χ4v) is 2.72. The molecule has 0 aliphatic heterocycles. The Hall–Kier alpha value is -1.39. The number of hydrogen-bond donors (Lipinski definition) is 2. The van der Waals surface area contributed by atoms with Gasteiger partial charge >= 0.3 is 0 Å². The van der Waals surface area contributed by atoms with Gasteiger partial charge in [0.05, 0.1) is 19.1 Å². The van der Waals surface area contributed by atoms with E-state index in [2.05, 4.69) is 12.3 Å². The normalized spacial score (nSPS) is 22.5. The molecule has 0 saturated heterocycles. The highest BCUT2D eigenvalue weighted by Crippen LogP contribution is 2.27. The summed E-state index contributed by atoms with van der Waals surface area (Å²) < 4.78 is 6.02. The Balaban J connectivity index is 1.82. The molecule has 0 spiro atoms. The first kappa shape index (κ1) is 15.0. The highest BCUT2D eigenvalue weighted by Gasteiger charge is 2.21. The predicted molar refractivity (Wildman–Crippen MR) is 78.7 cm³/mol. The summed E-state index contributed by atoms with van der Waals surface area (Å²) in [6.45, 7) is 2.93. The zero-order valence-electron chi connectivity index (χ0n) is 12.1. The van der Waals surface area contributed by atoms with Gasteiger partial charge in [0.1, 0.15) is 0 Å². The Labute approximate surface area is 120 Å². The second-order valence-electron chi connectivity index (χ2n) is 5.67. The van der Waals surface area contributed by atoms with Crippen LogP contribution >= 0.6 is 0 Å². The number of hydrogen-bond acceptors (Lipinski definition) is 3. The van der Waals surface area contributed by atoms with E-state index < -0.39 is 0 Å². The molecule has 0 bridgehead atoms. The van der Waals surface area contributed by atoms with Gasteiger partial charge in [-0.25, -0.2) is 5.84 Å². The van der Waals surface area contributed by atoms with E-state index in [9.17, 15) is 4.79 Å². The molecule has 4 heteroatoms. The summed E-state index contributed by atoms with van der Waals surface area (Å²) in [5, 5.41) is 0. The van der Waals surface area contributed by atoms with Crippen LogP contribution in [-0.2, 0) is 22.6 Å². The van der Waals surface area contributed by atoms with Crippen molar-refractivity contribution in [3.8, 4) is 0 Å². The summed E-state index contributed by atoms with van der Waals surface area (Å²) in [6.07, 6.45) is 5.78. The third-order valence-electron chi connectivity index (χ3n) is 4.05. The standard InChI is InChI=1S/C16H24N2O2/c1-12-4-2-3-5-15(12)20-11-14-8-6-13(7-9-14)10-16(19)18-17/h6-9,12,15H,2-5,10-11,17H2,1H3,(H,18,19). The summed E-state index contributed by atoms with van der Waals surface area (Å²) in [6, 6.07) is 7.95. The van der Waals surface area contributed by atoms with E-state index in [0.717, 1.165) is 11.1 Å². The molecular formula is C16H24N2O2. The molecule has 1 amide bonds. The van der Waals surface area contributed by atoms with E-state index >= 15 is 0 Å². The van der Waals surface area contributed by atoms with Gasteiger partial charge in [-0.15, -0.1) is 0 Å². The topological polar surface area (TPSA) is 64.3 Å². The van der Waals surface area contributed by atoms with Gasteiger partial charge in [0.25, 0.3) is 0 Å². The number of nitrogens with two attached hydrogens (primary N) is 1. The molecule has 1 fully saturated rings. The lowest BCUT2D eigenvalue weighted by atomic mass is 9.88. The van der Waals surface area contributed by atoms with Crippen molar-refractivity contribution in [3.63, 3.8) is 0 Å². The highest BCUT2D eigenvalue weighted by molar-refractivity contribution is 5.77. The lowest BCUT2D eigenvalue weighted by Gasteiger charge is -2.28. The molecule has 1 aromatic carbocycles. The number of benzene rings is 1. The van der Waals surface area contributed by atoms with E-state index in [1.54, 1.807) is 0 Å². The van der Waals surface area contributed by atoms with Crippen LogP contribution in [0.1, 0.15) is 43.7 Å². The first-order valence-electron chi connectivity index (χ1n) is 7.38. The van der Waals surface area contributed by atoms with Crippen LogP contribution in [0.5, 0.6) is 0 Å². The second-order valence-corrected chi connectivity index (χ2v) is 5.67. The molecule has 3 N–H and O–H groups in total. The van der Waals surface area contributed by atoms with Crippen LogP contribution in [-0.4, -0.2) is 12.0 Å². The maximum Gasteiger partial charge on any atom is 0.238 e. The maximum atomic E-state index is 11.2. The highest BCUT2D eigenvalue weighted by atomic mass is 16.5. The molecular weight excluding hydrogens is 252 g/mol. The van der Waals surface area contributed by atoms with Crippen molar-refractivity contribution >= 4 is 5.91 Å². The van der Waals surface area contributed by atoms with Gasteiger partial charge < -0.3 is 4.74 Å². The van der Waals surface area contributed by atoms with Crippen molar-refractivity contribution in [1.29, 1.82) is 0 Å². The Morgan fingerprint density at radius 2 is 1.90 bits per heavy atom. The van der Waals surface area contributed by atoms with Crippen LogP contribution in [0.3, 0.4) is 0 Å². The molecule has 1 aliphatic rings. The van der Waals surface area contributed by atoms with Gasteiger partial charge in [0, 0.05) is 0 Å². The molecule has 20 heavy (non-hydrogen) atoms. The van der Waals surface area contributed by atoms with E-state index in [1.165, 1.54) is 25.7 Å². The van der Waals surface area contributed by atoms with Crippen molar-refractivity contribution in [2.75, 3.05) is 0 Å². The monoisotopic (exact) mass is 276 g/mol. The zero-order chi connectivity index (χ0) is 14.4. The van der Waals surface area contributed by atoms with Crippen molar-refractivity contribution in [2.45, 2.75) is 51.7 Å². The Morgan fingerprint density at radius 3 is 2.55 bits per heavy atom. The molecule has 2 unspecified atom stereocenters. The smallest absolute Gasteiger partial charge is 0.238 e. The Bertz CT molecular complexity index is 431. The summed E-state index contributed by atoms with van der Waals surface area (Å²) >= 11 is 0. The van der Waals surface area contributed by atoms with Crippen LogP contribution in [0, 0.1) is 5.92 Å². The molecule has 2 rings (SSSR count). The van der Waals surface area contributed by atoms with Crippen molar-refractivity contribution in [2.24, 2.45) is 11.8 Å². The van der Waals surface area contributed by atoms with E-state index in [0.29, 0.717) is 25.0 Å².